The van der Waals surface area contributed by atoms with Crippen LogP contribution in [-0.4, -0.2) is 17.8 Å². The molecule has 4 aliphatic rings. The number of carbonyl (C=O) groups is 3. The number of amides is 2. The zero-order valence-corrected chi connectivity index (χ0v) is 16.7. The highest BCUT2D eigenvalue weighted by Gasteiger charge is 2.68. The van der Waals surface area contributed by atoms with Gasteiger partial charge in [-0.25, -0.2) is 4.90 Å². The van der Waals surface area contributed by atoms with Crippen LogP contribution in [0.4, 0.5) is 5.69 Å². The summed E-state index contributed by atoms with van der Waals surface area (Å²) in [5.41, 5.74) is 2.48. The molecule has 1 heterocycles. The van der Waals surface area contributed by atoms with Gasteiger partial charge in [-0.2, -0.15) is 0 Å². The van der Waals surface area contributed by atoms with Gasteiger partial charge in [-0.3, -0.25) is 9.59 Å². The molecule has 2 amide bonds. The van der Waals surface area contributed by atoms with Gasteiger partial charge in [0.1, 0.15) is 0 Å². The highest BCUT2D eigenvalue weighted by molar-refractivity contribution is 6.25. The van der Waals surface area contributed by atoms with Crippen LogP contribution >= 0.6 is 0 Å². The fourth-order valence-electron chi connectivity index (χ4n) is 6.07. The lowest BCUT2D eigenvalue weighted by molar-refractivity contribution is -0.314. The second-order valence-corrected chi connectivity index (χ2v) is 8.60. The quantitative estimate of drug-likeness (QED) is 0.610. The highest BCUT2D eigenvalue weighted by atomic mass is 16.4. The Morgan fingerprint density at radius 1 is 0.839 bits per heavy atom. The van der Waals surface area contributed by atoms with Crippen LogP contribution in [0.1, 0.15) is 33.7 Å². The smallest absolute Gasteiger partial charge is 0.239 e. The number of imide groups is 1. The fourth-order valence-corrected chi connectivity index (χ4v) is 6.07. The van der Waals surface area contributed by atoms with Gasteiger partial charge in [-0.1, -0.05) is 66.2 Å². The average Bonchev–Trinajstić information content (AvgIpc) is 3.05. The Bertz CT molecular complexity index is 1250. The van der Waals surface area contributed by atoms with Crippen LogP contribution in [0.3, 0.4) is 0 Å². The lowest BCUT2D eigenvalue weighted by Gasteiger charge is -2.54. The molecule has 7 rings (SSSR count). The maximum atomic E-state index is 13.8. The minimum Gasteiger partial charge on any atom is -0.549 e. The van der Waals surface area contributed by atoms with Crippen LogP contribution in [0.5, 0.6) is 0 Å². The minimum absolute atomic E-state index is 0.349. The summed E-state index contributed by atoms with van der Waals surface area (Å²) < 4.78 is 0. The van der Waals surface area contributed by atoms with Crippen molar-refractivity contribution >= 4 is 23.5 Å². The highest BCUT2D eigenvalue weighted by Crippen LogP contribution is 2.64. The molecule has 2 unspecified atom stereocenters. The number of rotatable bonds is 2. The van der Waals surface area contributed by atoms with Crippen molar-refractivity contribution in [1.29, 1.82) is 0 Å². The Hall–Kier alpha value is -3.73. The molecule has 0 saturated carbocycles. The normalized spacial score (nSPS) is 27.6. The summed E-state index contributed by atoms with van der Waals surface area (Å²) in [6.45, 7) is 1.93. The Balaban J connectivity index is 1.67. The summed E-state index contributed by atoms with van der Waals surface area (Å²) in [4.78, 5) is 41.6. The molecule has 3 aliphatic carbocycles. The first kappa shape index (κ1) is 18.1. The van der Waals surface area contributed by atoms with E-state index in [0.717, 1.165) is 16.7 Å². The maximum Gasteiger partial charge on any atom is 0.239 e. The number of aryl methyl sites for hydroxylation is 1. The van der Waals surface area contributed by atoms with E-state index in [1.54, 1.807) is 36.4 Å². The molecule has 152 valence electrons. The Morgan fingerprint density at radius 2 is 1.39 bits per heavy atom. The van der Waals surface area contributed by atoms with Crippen LogP contribution in [0.25, 0.3) is 0 Å². The zero-order chi connectivity index (χ0) is 21.5. The van der Waals surface area contributed by atoms with Gasteiger partial charge in [0.05, 0.1) is 28.9 Å². The maximum absolute atomic E-state index is 13.8. The molecule has 5 nitrogen and oxygen atoms in total. The molecular formula is C26H18NO4-. The van der Waals surface area contributed by atoms with E-state index in [9.17, 15) is 19.5 Å². The summed E-state index contributed by atoms with van der Waals surface area (Å²) in [5, 5.41) is 12.9. The van der Waals surface area contributed by atoms with E-state index in [2.05, 4.69) is 0 Å². The van der Waals surface area contributed by atoms with Gasteiger partial charge in [-0.05, 0) is 41.3 Å². The van der Waals surface area contributed by atoms with Gasteiger partial charge in [0.25, 0.3) is 0 Å². The van der Waals surface area contributed by atoms with Crippen molar-refractivity contribution in [2.24, 2.45) is 11.8 Å². The van der Waals surface area contributed by atoms with Crippen molar-refractivity contribution in [3.63, 3.8) is 0 Å². The largest absolute Gasteiger partial charge is 0.549 e. The lowest BCUT2D eigenvalue weighted by Crippen LogP contribution is -2.61. The van der Waals surface area contributed by atoms with Crippen molar-refractivity contribution in [3.05, 3.63) is 101 Å². The van der Waals surface area contributed by atoms with E-state index >= 15 is 0 Å². The molecule has 0 N–H and O–H groups in total. The van der Waals surface area contributed by atoms with Gasteiger partial charge in [0.15, 0.2) is 0 Å². The van der Waals surface area contributed by atoms with Crippen molar-refractivity contribution in [3.8, 4) is 0 Å². The number of nitrogens with zero attached hydrogens (tertiary/aromatic N) is 1. The average molecular weight is 408 g/mol. The molecule has 0 spiro atoms. The van der Waals surface area contributed by atoms with Crippen LogP contribution < -0.4 is 10.0 Å². The number of aliphatic carboxylic acids is 1. The summed E-state index contributed by atoms with van der Waals surface area (Å²) in [6.07, 6.45) is 0. The molecular weight excluding hydrogens is 390 g/mol. The third-order valence-electron chi connectivity index (χ3n) is 7.23. The Kier molecular flexibility index (Phi) is 3.45. The topological polar surface area (TPSA) is 77.5 Å². The first-order valence-corrected chi connectivity index (χ1v) is 10.3. The molecule has 2 bridgehead atoms. The Labute approximate surface area is 178 Å². The first-order valence-electron chi connectivity index (χ1n) is 10.3. The van der Waals surface area contributed by atoms with E-state index < -0.39 is 29.1 Å². The van der Waals surface area contributed by atoms with E-state index in [1.165, 1.54) is 4.90 Å². The molecule has 0 radical (unpaired) electrons. The third kappa shape index (κ3) is 1.99. The first-order chi connectivity index (χ1) is 15.0. The SMILES string of the molecule is Cc1ccc(N2C(=O)C3C4c5ccccc5C(C(=O)[O-])(c5ccccc54)C3C2=O)cc1. The number of carboxylic acids is 1. The standard InChI is InChI=1S/C26H19NO4/c1-14-10-12-15(13-11-14)27-23(28)21-20-16-6-2-4-8-18(16)26(25(30)31,22(21)24(27)29)19-9-5-3-7-17(19)20/h2-13,20-22H,1H3,(H,30,31)/p-1. The minimum atomic E-state index is -1.70. The molecule has 2 atom stereocenters. The number of benzene rings is 3. The van der Waals surface area contributed by atoms with Crippen LogP contribution in [0, 0.1) is 18.8 Å². The fraction of sp³-hybridized carbons (Fsp3) is 0.192. The predicted molar refractivity (Wildman–Crippen MR) is 111 cm³/mol. The molecule has 3 aromatic rings. The number of carboxylic acid groups (broad SMARTS) is 1. The van der Waals surface area contributed by atoms with E-state index in [4.69, 9.17) is 0 Å². The molecule has 1 aliphatic heterocycles. The summed E-state index contributed by atoms with van der Waals surface area (Å²) >= 11 is 0. The Morgan fingerprint density at radius 3 is 1.94 bits per heavy atom. The van der Waals surface area contributed by atoms with Crippen LogP contribution in [-0.2, 0) is 19.8 Å². The number of anilines is 1. The zero-order valence-electron chi connectivity index (χ0n) is 16.7. The molecule has 1 saturated heterocycles. The van der Waals surface area contributed by atoms with Crippen LogP contribution in [0.2, 0.25) is 0 Å². The van der Waals surface area contributed by atoms with Crippen molar-refractivity contribution < 1.29 is 19.5 Å². The van der Waals surface area contributed by atoms with Crippen molar-refractivity contribution in [2.75, 3.05) is 4.90 Å². The summed E-state index contributed by atoms with van der Waals surface area (Å²) in [5.74, 6) is -4.36. The second-order valence-electron chi connectivity index (χ2n) is 8.60. The third-order valence-corrected chi connectivity index (χ3v) is 7.23. The molecule has 5 heteroatoms. The van der Waals surface area contributed by atoms with E-state index in [1.807, 2.05) is 43.3 Å². The van der Waals surface area contributed by atoms with E-state index in [-0.39, 0.29) is 11.8 Å². The van der Waals surface area contributed by atoms with Gasteiger partial charge in [-0.15, -0.1) is 0 Å². The number of hydrogen-bond donors (Lipinski definition) is 0. The number of hydrogen-bond acceptors (Lipinski definition) is 4. The summed E-state index contributed by atoms with van der Waals surface area (Å²) in [7, 11) is 0. The molecule has 1 fully saturated rings. The van der Waals surface area contributed by atoms with Gasteiger partial charge < -0.3 is 9.90 Å². The second kappa shape index (κ2) is 5.91. The number of carbonyl (C=O) groups excluding carboxylic acids is 3. The predicted octanol–water partition coefficient (Wildman–Crippen LogP) is 2.30. The lowest BCUT2D eigenvalue weighted by atomic mass is 9.47. The van der Waals surface area contributed by atoms with Crippen molar-refractivity contribution in [1.82, 2.24) is 0 Å². The van der Waals surface area contributed by atoms with Crippen LogP contribution in [0.15, 0.2) is 72.8 Å². The summed E-state index contributed by atoms with van der Waals surface area (Å²) in [6, 6.07) is 21.7. The molecule has 3 aromatic carbocycles. The van der Waals surface area contributed by atoms with Gasteiger partial charge >= 0.3 is 0 Å². The van der Waals surface area contributed by atoms with E-state index in [0.29, 0.717) is 16.8 Å². The van der Waals surface area contributed by atoms with Crippen molar-refractivity contribution in [2.45, 2.75) is 18.3 Å². The van der Waals surface area contributed by atoms with Gasteiger partial charge in [0.2, 0.25) is 11.8 Å². The molecule has 0 aromatic heterocycles. The molecule has 31 heavy (non-hydrogen) atoms. The monoisotopic (exact) mass is 408 g/mol. The van der Waals surface area contributed by atoms with Gasteiger partial charge in [0, 0.05) is 5.92 Å².